The van der Waals surface area contributed by atoms with Gasteiger partial charge in [0.15, 0.2) is 0 Å². The first kappa shape index (κ1) is 27.2. The molecule has 12 rings (SSSR count). The smallest absolute Gasteiger partial charge is 0.0626 e. The second-order valence-corrected chi connectivity index (χ2v) is 14.0. The van der Waals surface area contributed by atoms with Crippen LogP contribution in [0.25, 0.3) is 115 Å². The molecule has 0 saturated heterocycles. The molecule has 11 aromatic rings. The summed E-state index contributed by atoms with van der Waals surface area (Å²) in [4.78, 5) is 0. The van der Waals surface area contributed by atoms with Crippen LogP contribution in [0.5, 0.6) is 0 Å². The van der Waals surface area contributed by atoms with E-state index < -0.39 is 0 Å². The molecule has 51 heavy (non-hydrogen) atoms. The van der Waals surface area contributed by atoms with Crippen molar-refractivity contribution in [3.8, 4) is 39.1 Å². The lowest BCUT2D eigenvalue weighted by Gasteiger charge is -2.17. The molecule has 0 spiro atoms. The van der Waals surface area contributed by atoms with E-state index in [4.69, 9.17) is 0 Å². The van der Waals surface area contributed by atoms with Crippen molar-refractivity contribution in [1.29, 1.82) is 0 Å². The molecular weight excluding hydrogens is 615 g/mol. The number of rotatable bonds is 2. The first-order chi connectivity index (χ1) is 25.3. The van der Waals surface area contributed by atoms with Crippen LogP contribution in [-0.4, -0.2) is 4.57 Å². The van der Waals surface area contributed by atoms with Gasteiger partial charge in [-0.1, -0.05) is 152 Å². The molecule has 0 bridgehead atoms. The van der Waals surface area contributed by atoms with E-state index in [0.717, 1.165) is 0 Å². The van der Waals surface area contributed by atoms with Crippen LogP contribution >= 0.6 is 0 Å². The summed E-state index contributed by atoms with van der Waals surface area (Å²) in [6.45, 7) is 0. The van der Waals surface area contributed by atoms with Gasteiger partial charge in [-0.2, -0.15) is 0 Å². The van der Waals surface area contributed by atoms with Gasteiger partial charge in [-0.15, -0.1) is 0 Å². The van der Waals surface area contributed by atoms with Crippen molar-refractivity contribution >= 4 is 75.7 Å². The molecule has 1 aliphatic carbocycles. The largest absolute Gasteiger partial charge is 0.308 e. The number of fused-ring (bicyclic) bond motifs is 14. The molecule has 0 aliphatic heterocycles. The Labute approximate surface area is 294 Å². The zero-order valence-corrected chi connectivity index (χ0v) is 27.7. The van der Waals surface area contributed by atoms with Gasteiger partial charge in [-0.3, -0.25) is 0 Å². The lowest BCUT2D eigenvalue weighted by molar-refractivity contribution is 1.21. The topological polar surface area (TPSA) is 4.93 Å². The number of hydrogen-bond donors (Lipinski definition) is 0. The first-order valence-corrected chi connectivity index (χ1v) is 17.8. The van der Waals surface area contributed by atoms with Crippen molar-refractivity contribution < 1.29 is 0 Å². The quantitative estimate of drug-likeness (QED) is 0.165. The average molecular weight is 644 g/mol. The molecule has 0 atom stereocenters. The summed E-state index contributed by atoms with van der Waals surface area (Å²) < 4.78 is 2.54. The summed E-state index contributed by atoms with van der Waals surface area (Å²) in [5.41, 5.74) is 11.5. The Morgan fingerprint density at radius 1 is 0.294 bits per heavy atom. The number of para-hydroxylation sites is 1. The molecule has 0 fully saturated rings. The van der Waals surface area contributed by atoms with Crippen LogP contribution in [0.4, 0.5) is 0 Å². The summed E-state index contributed by atoms with van der Waals surface area (Å²) in [5.74, 6) is 0. The Kier molecular flexibility index (Phi) is 5.29. The second kappa shape index (κ2) is 9.94. The van der Waals surface area contributed by atoms with Gasteiger partial charge in [0.05, 0.1) is 16.7 Å². The molecule has 0 saturated carbocycles. The van der Waals surface area contributed by atoms with E-state index in [2.05, 4.69) is 180 Å². The predicted molar refractivity (Wildman–Crippen MR) is 218 cm³/mol. The first-order valence-electron chi connectivity index (χ1n) is 17.8. The van der Waals surface area contributed by atoms with E-state index in [9.17, 15) is 0 Å². The number of aromatic nitrogens is 1. The van der Waals surface area contributed by atoms with Crippen LogP contribution in [0.2, 0.25) is 0 Å². The molecule has 1 heteroatoms. The normalized spacial score (nSPS) is 12.3. The third kappa shape index (κ3) is 3.55. The van der Waals surface area contributed by atoms with Crippen LogP contribution < -0.4 is 0 Å². The van der Waals surface area contributed by atoms with Gasteiger partial charge in [-0.05, 0) is 101 Å². The average Bonchev–Trinajstić information content (AvgIpc) is 3.72. The second-order valence-electron chi connectivity index (χ2n) is 14.0. The Bertz CT molecular complexity index is 3300. The maximum Gasteiger partial charge on any atom is 0.0626 e. The van der Waals surface area contributed by atoms with Gasteiger partial charge in [0.1, 0.15) is 0 Å². The SMILES string of the molecule is c1ccc2c(c1)-c1cccc3cc(-c4ccc(-n5c6ccccc6c6c7ccc8ccccc8c7c7ccccc7c65)c5ccccc45)cc-2c13. The summed E-state index contributed by atoms with van der Waals surface area (Å²) >= 11 is 0. The minimum atomic E-state index is 1.20. The summed E-state index contributed by atoms with van der Waals surface area (Å²) in [7, 11) is 0. The van der Waals surface area contributed by atoms with Gasteiger partial charge in [0.25, 0.3) is 0 Å². The molecule has 1 aliphatic rings. The monoisotopic (exact) mass is 643 g/mol. The Hall–Kier alpha value is -6.70. The standard InChI is InChI=1S/C50H29N/c1-2-14-34-30(12-1)24-25-43-48(34)40-19-7-8-20-41(40)50-49(43)42-21-9-10-23-45(42)51(50)46-27-26-33(35-15-5-6-18-38(35)46)32-28-31-13-11-22-39-36-16-3-4-17-37(36)44(29-32)47(31)39/h1-29H. The molecule has 0 amide bonds. The summed E-state index contributed by atoms with van der Waals surface area (Å²) in [6, 6.07) is 65.5. The van der Waals surface area contributed by atoms with Crippen molar-refractivity contribution in [2.75, 3.05) is 0 Å². The summed E-state index contributed by atoms with van der Waals surface area (Å²) in [6.07, 6.45) is 0. The fraction of sp³-hybridized carbons (Fsp3) is 0. The molecule has 0 radical (unpaired) electrons. The molecule has 0 unspecified atom stereocenters. The van der Waals surface area contributed by atoms with Crippen LogP contribution in [0, 0.1) is 0 Å². The number of hydrogen-bond acceptors (Lipinski definition) is 0. The van der Waals surface area contributed by atoms with Crippen LogP contribution in [0.15, 0.2) is 176 Å². The Balaban J connectivity index is 1.19. The van der Waals surface area contributed by atoms with Gasteiger partial charge in [0, 0.05) is 21.5 Å². The molecule has 1 aromatic heterocycles. The minimum Gasteiger partial charge on any atom is -0.308 e. The highest BCUT2D eigenvalue weighted by molar-refractivity contribution is 6.36. The van der Waals surface area contributed by atoms with Crippen molar-refractivity contribution in [1.82, 2.24) is 4.57 Å². The maximum absolute atomic E-state index is 2.54. The van der Waals surface area contributed by atoms with Crippen molar-refractivity contribution in [2.24, 2.45) is 0 Å². The predicted octanol–water partition coefficient (Wildman–Crippen LogP) is 13.9. The van der Waals surface area contributed by atoms with Crippen LogP contribution in [0.1, 0.15) is 0 Å². The lowest BCUT2D eigenvalue weighted by Crippen LogP contribution is -1.97. The highest BCUT2D eigenvalue weighted by atomic mass is 15.0. The highest BCUT2D eigenvalue weighted by Gasteiger charge is 2.24. The zero-order valence-electron chi connectivity index (χ0n) is 27.7. The number of benzene rings is 10. The van der Waals surface area contributed by atoms with Gasteiger partial charge < -0.3 is 4.57 Å². The van der Waals surface area contributed by atoms with E-state index in [1.807, 2.05) is 0 Å². The minimum absolute atomic E-state index is 1.20. The maximum atomic E-state index is 2.54. The molecule has 0 N–H and O–H groups in total. The Morgan fingerprint density at radius 3 is 1.80 bits per heavy atom. The highest BCUT2D eigenvalue weighted by Crippen LogP contribution is 2.50. The van der Waals surface area contributed by atoms with Crippen molar-refractivity contribution in [3.63, 3.8) is 0 Å². The molecule has 234 valence electrons. The van der Waals surface area contributed by atoms with E-state index in [1.54, 1.807) is 0 Å². The fourth-order valence-electron chi connectivity index (χ4n) is 9.40. The van der Waals surface area contributed by atoms with Gasteiger partial charge in [-0.25, -0.2) is 0 Å². The Morgan fingerprint density at radius 2 is 0.941 bits per heavy atom. The lowest BCUT2D eigenvalue weighted by atomic mass is 9.92. The van der Waals surface area contributed by atoms with E-state index in [1.165, 1.54) is 115 Å². The molecular formula is C50H29N. The van der Waals surface area contributed by atoms with Crippen molar-refractivity contribution in [2.45, 2.75) is 0 Å². The number of nitrogens with zero attached hydrogens (tertiary/aromatic N) is 1. The molecule has 10 aromatic carbocycles. The summed E-state index contributed by atoms with van der Waals surface area (Å²) in [5, 5.41) is 15.5. The van der Waals surface area contributed by atoms with E-state index in [-0.39, 0.29) is 0 Å². The zero-order chi connectivity index (χ0) is 33.2. The molecule has 1 nitrogen and oxygen atoms in total. The third-order valence-electron chi connectivity index (χ3n) is 11.5. The van der Waals surface area contributed by atoms with E-state index in [0.29, 0.717) is 0 Å². The third-order valence-corrected chi connectivity index (χ3v) is 11.5. The van der Waals surface area contributed by atoms with Crippen LogP contribution in [-0.2, 0) is 0 Å². The van der Waals surface area contributed by atoms with Crippen LogP contribution in [0.3, 0.4) is 0 Å². The molecule has 1 heterocycles. The van der Waals surface area contributed by atoms with Gasteiger partial charge >= 0.3 is 0 Å². The fourth-order valence-corrected chi connectivity index (χ4v) is 9.40. The van der Waals surface area contributed by atoms with Gasteiger partial charge in [0.2, 0.25) is 0 Å². The van der Waals surface area contributed by atoms with E-state index >= 15 is 0 Å². The van der Waals surface area contributed by atoms with Crippen molar-refractivity contribution in [3.05, 3.63) is 176 Å².